The second kappa shape index (κ2) is 4.99. The Balaban J connectivity index is 2.84. The Morgan fingerprint density at radius 1 is 1.44 bits per heavy atom. The van der Waals surface area contributed by atoms with E-state index in [1.54, 1.807) is 18.2 Å². The highest BCUT2D eigenvalue weighted by Crippen LogP contribution is 2.23. The van der Waals surface area contributed by atoms with E-state index in [0.717, 1.165) is 5.56 Å². The number of carbonyl (C=O) groups excluding carboxylic acids is 1. The van der Waals surface area contributed by atoms with E-state index >= 15 is 0 Å². The second-order valence-corrected chi connectivity index (χ2v) is 3.94. The van der Waals surface area contributed by atoms with Gasteiger partial charge >= 0.3 is 5.97 Å². The Morgan fingerprint density at radius 3 is 2.62 bits per heavy atom. The molecule has 0 fully saturated rings. The number of halogens is 1. The number of aryl methyl sites for hydroxylation is 1. The van der Waals surface area contributed by atoms with E-state index in [1.807, 2.05) is 6.92 Å². The SMILES string of the molecule is Cc1ccc(Cl)c(NC(=O)C(C)C(=O)O)c1. The van der Waals surface area contributed by atoms with E-state index < -0.39 is 17.8 Å². The number of carboxylic acids is 1. The van der Waals surface area contributed by atoms with Gasteiger partial charge in [0, 0.05) is 0 Å². The molecule has 2 N–H and O–H groups in total. The molecule has 0 radical (unpaired) electrons. The van der Waals surface area contributed by atoms with Crippen molar-refractivity contribution in [3.63, 3.8) is 0 Å². The fraction of sp³-hybridized carbons (Fsp3) is 0.273. The molecular weight excluding hydrogens is 230 g/mol. The second-order valence-electron chi connectivity index (χ2n) is 3.53. The number of hydrogen-bond acceptors (Lipinski definition) is 2. The largest absolute Gasteiger partial charge is 0.481 e. The molecule has 0 spiro atoms. The standard InChI is InChI=1S/C11H12ClNO3/c1-6-3-4-8(12)9(5-6)13-10(14)7(2)11(15)16/h3-5,7H,1-2H3,(H,13,14)(H,15,16). The van der Waals surface area contributed by atoms with Crippen LogP contribution < -0.4 is 5.32 Å². The molecule has 4 nitrogen and oxygen atoms in total. The first-order chi connectivity index (χ1) is 7.41. The molecule has 0 saturated carbocycles. The lowest BCUT2D eigenvalue weighted by atomic mass is 10.1. The molecule has 86 valence electrons. The summed E-state index contributed by atoms with van der Waals surface area (Å²) in [7, 11) is 0. The summed E-state index contributed by atoms with van der Waals surface area (Å²) in [5, 5.41) is 11.5. The van der Waals surface area contributed by atoms with Crippen molar-refractivity contribution in [2.45, 2.75) is 13.8 Å². The minimum atomic E-state index is -1.17. The van der Waals surface area contributed by atoms with Gasteiger partial charge in [-0.3, -0.25) is 9.59 Å². The average Bonchev–Trinajstić information content (AvgIpc) is 2.22. The van der Waals surface area contributed by atoms with Crippen LogP contribution in [-0.4, -0.2) is 17.0 Å². The average molecular weight is 242 g/mol. The minimum absolute atomic E-state index is 0.386. The number of carboxylic acid groups (broad SMARTS) is 1. The first-order valence-electron chi connectivity index (χ1n) is 4.71. The molecule has 0 heterocycles. The summed E-state index contributed by atoms with van der Waals surface area (Å²) < 4.78 is 0. The van der Waals surface area contributed by atoms with Crippen LogP contribution in [0.3, 0.4) is 0 Å². The van der Waals surface area contributed by atoms with Crippen LogP contribution in [0.2, 0.25) is 5.02 Å². The van der Waals surface area contributed by atoms with E-state index in [9.17, 15) is 9.59 Å². The lowest BCUT2D eigenvalue weighted by molar-refractivity contribution is -0.144. The molecule has 0 saturated heterocycles. The van der Waals surface area contributed by atoms with Gasteiger partial charge in [-0.15, -0.1) is 0 Å². The fourth-order valence-electron chi connectivity index (χ4n) is 1.09. The molecule has 16 heavy (non-hydrogen) atoms. The monoisotopic (exact) mass is 241 g/mol. The molecule has 1 rings (SSSR count). The smallest absolute Gasteiger partial charge is 0.315 e. The van der Waals surface area contributed by atoms with E-state index in [2.05, 4.69) is 5.32 Å². The number of aliphatic carboxylic acids is 1. The normalized spacial score (nSPS) is 11.9. The van der Waals surface area contributed by atoms with Gasteiger partial charge in [0.15, 0.2) is 0 Å². The number of amides is 1. The third-order valence-corrected chi connectivity index (χ3v) is 2.47. The topological polar surface area (TPSA) is 66.4 Å². The van der Waals surface area contributed by atoms with Crippen molar-refractivity contribution in [2.75, 3.05) is 5.32 Å². The molecule has 1 unspecified atom stereocenters. The van der Waals surface area contributed by atoms with Crippen molar-refractivity contribution >= 4 is 29.2 Å². The highest BCUT2D eigenvalue weighted by atomic mass is 35.5. The van der Waals surface area contributed by atoms with Gasteiger partial charge in [-0.1, -0.05) is 17.7 Å². The zero-order valence-electron chi connectivity index (χ0n) is 8.95. The summed E-state index contributed by atoms with van der Waals surface area (Å²) in [6.45, 7) is 3.17. The highest BCUT2D eigenvalue weighted by molar-refractivity contribution is 6.33. The molecule has 0 bridgehead atoms. The number of hydrogen-bond donors (Lipinski definition) is 2. The highest BCUT2D eigenvalue weighted by Gasteiger charge is 2.21. The lowest BCUT2D eigenvalue weighted by Crippen LogP contribution is -2.27. The molecule has 1 aromatic rings. The number of rotatable bonds is 3. The van der Waals surface area contributed by atoms with E-state index in [-0.39, 0.29) is 0 Å². The number of nitrogens with one attached hydrogen (secondary N) is 1. The molecule has 0 aliphatic rings. The Labute approximate surface area is 98.2 Å². The van der Waals surface area contributed by atoms with Gasteiger partial charge in [-0.25, -0.2) is 0 Å². The number of carbonyl (C=O) groups is 2. The molecule has 5 heteroatoms. The predicted octanol–water partition coefficient (Wildman–Crippen LogP) is 2.31. The Kier molecular flexibility index (Phi) is 3.90. The van der Waals surface area contributed by atoms with Crippen molar-refractivity contribution in [3.8, 4) is 0 Å². The molecule has 1 amide bonds. The fourth-order valence-corrected chi connectivity index (χ4v) is 1.25. The zero-order chi connectivity index (χ0) is 12.3. The van der Waals surface area contributed by atoms with E-state index in [1.165, 1.54) is 6.92 Å². The maximum atomic E-state index is 11.5. The molecular formula is C11H12ClNO3. The summed E-state index contributed by atoms with van der Waals surface area (Å²) in [4.78, 5) is 22.1. The van der Waals surface area contributed by atoms with Crippen LogP contribution >= 0.6 is 11.6 Å². The minimum Gasteiger partial charge on any atom is -0.481 e. The molecule has 0 aliphatic carbocycles. The third kappa shape index (κ3) is 2.97. The maximum absolute atomic E-state index is 11.5. The van der Waals surface area contributed by atoms with Crippen LogP contribution in [0, 0.1) is 12.8 Å². The van der Waals surface area contributed by atoms with Crippen molar-refractivity contribution in [2.24, 2.45) is 5.92 Å². The van der Waals surface area contributed by atoms with E-state index in [4.69, 9.17) is 16.7 Å². The Bertz CT molecular complexity index is 431. The Hall–Kier alpha value is -1.55. The van der Waals surface area contributed by atoms with Gasteiger partial charge in [0.1, 0.15) is 5.92 Å². The summed E-state index contributed by atoms with van der Waals surface area (Å²) in [5.41, 5.74) is 1.36. The molecule has 1 atom stereocenters. The van der Waals surface area contributed by atoms with Crippen LogP contribution in [-0.2, 0) is 9.59 Å². The van der Waals surface area contributed by atoms with Gasteiger partial charge < -0.3 is 10.4 Å². The van der Waals surface area contributed by atoms with Gasteiger partial charge in [0.05, 0.1) is 10.7 Å². The van der Waals surface area contributed by atoms with Gasteiger partial charge in [-0.2, -0.15) is 0 Å². The van der Waals surface area contributed by atoms with Gasteiger partial charge in [0.2, 0.25) is 5.91 Å². The van der Waals surface area contributed by atoms with Crippen LogP contribution in [0.5, 0.6) is 0 Å². The number of anilines is 1. The Morgan fingerprint density at radius 2 is 2.06 bits per heavy atom. The summed E-state index contributed by atoms with van der Waals surface area (Å²) >= 11 is 5.86. The van der Waals surface area contributed by atoms with Crippen LogP contribution in [0.4, 0.5) is 5.69 Å². The lowest BCUT2D eigenvalue weighted by Gasteiger charge is -2.10. The first kappa shape index (κ1) is 12.5. The van der Waals surface area contributed by atoms with Crippen molar-refractivity contribution in [1.82, 2.24) is 0 Å². The van der Waals surface area contributed by atoms with Crippen LogP contribution in [0.25, 0.3) is 0 Å². The summed E-state index contributed by atoms with van der Waals surface area (Å²) in [6.07, 6.45) is 0. The summed E-state index contributed by atoms with van der Waals surface area (Å²) in [6, 6.07) is 5.14. The zero-order valence-corrected chi connectivity index (χ0v) is 9.71. The molecule has 1 aromatic carbocycles. The molecule has 0 aromatic heterocycles. The predicted molar refractivity (Wildman–Crippen MR) is 61.6 cm³/mol. The quantitative estimate of drug-likeness (QED) is 0.798. The third-order valence-electron chi connectivity index (χ3n) is 2.14. The van der Waals surface area contributed by atoms with Crippen LogP contribution in [0.1, 0.15) is 12.5 Å². The number of benzene rings is 1. The van der Waals surface area contributed by atoms with Crippen molar-refractivity contribution in [1.29, 1.82) is 0 Å². The van der Waals surface area contributed by atoms with E-state index in [0.29, 0.717) is 10.7 Å². The van der Waals surface area contributed by atoms with Crippen LogP contribution in [0.15, 0.2) is 18.2 Å². The van der Waals surface area contributed by atoms with Gasteiger partial charge in [-0.05, 0) is 31.5 Å². The summed E-state index contributed by atoms with van der Waals surface area (Å²) in [5.74, 6) is -2.85. The van der Waals surface area contributed by atoms with Gasteiger partial charge in [0.25, 0.3) is 0 Å². The van der Waals surface area contributed by atoms with Crippen molar-refractivity contribution < 1.29 is 14.7 Å². The molecule has 0 aliphatic heterocycles. The van der Waals surface area contributed by atoms with Crippen molar-refractivity contribution in [3.05, 3.63) is 28.8 Å². The maximum Gasteiger partial charge on any atom is 0.315 e. The first-order valence-corrected chi connectivity index (χ1v) is 5.09.